The number of hydrogen-bond acceptors (Lipinski definition) is 6. The van der Waals surface area contributed by atoms with E-state index in [-0.39, 0.29) is 23.4 Å². The second-order valence-corrected chi connectivity index (χ2v) is 6.39. The first-order chi connectivity index (χ1) is 13.4. The lowest BCUT2D eigenvalue weighted by molar-refractivity contribution is -0.154. The van der Waals surface area contributed by atoms with Crippen molar-refractivity contribution in [3.05, 3.63) is 40.8 Å². The number of rotatable bonds is 6. The number of pyridine rings is 1. The summed E-state index contributed by atoms with van der Waals surface area (Å²) in [6, 6.07) is 2.53. The Morgan fingerprint density at radius 2 is 1.90 bits per heavy atom. The molecule has 29 heavy (non-hydrogen) atoms. The van der Waals surface area contributed by atoms with E-state index in [0.717, 1.165) is 0 Å². The van der Waals surface area contributed by atoms with Gasteiger partial charge >= 0.3 is 6.18 Å². The van der Waals surface area contributed by atoms with Gasteiger partial charge in [-0.25, -0.2) is 15.0 Å². The molecule has 2 N–H and O–H groups in total. The minimum Gasteiger partial charge on any atom is -0.468 e. The monoisotopic (exact) mass is 411 g/mol. The highest BCUT2D eigenvalue weighted by Gasteiger charge is 2.29. The van der Waals surface area contributed by atoms with E-state index < -0.39 is 24.7 Å². The molecule has 2 amide bonds. The van der Waals surface area contributed by atoms with Crippen LogP contribution in [0.5, 0.6) is 5.88 Å². The van der Waals surface area contributed by atoms with Crippen LogP contribution in [-0.2, 0) is 4.79 Å². The quantitative estimate of drug-likeness (QED) is 0.757. The van der Waals surface area contributed by atoms with Crippen LogP contribution in [0.25, 0.3) is 0 Å². The molecule has 1 atom stereocenters. The highest BCUT2D eigenvalue weighted by atomic mass is 19.4. The molecule has 11 heteroatoms. The molecule has 2 aromatic heterocycles. The number of carbonyl (C=O) groups is 2. The first-order valence-electron chi connectivity index (χ1n) is 8.55. The van der Waals surface area contributed by atoms with E-state index >= 15 is 0 Å². The molecule has 0 saturated carbocycles. The predicted octanol–water partition coefficient (Wildman–Crippen LogP) is 2.88. The van der Waals surface area contributed by atoms with Crippen LogP contribution in [0.1, 0.15) is 47.2 Å². The average molecular weight is 411 g/mol. The molecular formula is C18H20F3N5O3. The van der Waals surface area contributed by atoms with E-state index in [1.807, 2.05) is 0 Å². The third kappa shape index (κ3) is 6.70. The molecule has 0 radical (unpaired) electrons. The number of amides is 2. The van der Waals surface area contributed by atoms with Crippen molar-refractivity contribution in [2.24, 2.45) is 0 Å². The van der Waals surface area contributed by atoms with Gasteiger partial charge in [-0.2, -0.15) is 13.2 Å². The first-order valence-corrected chi connectivity index (χ1v) is 8.55. The van der Waals surface area contributed by atoms with Crippen molar-refractivity contribution in [3.63, 3.8) is 0 Å². The molecule has 1 unspecified atom stereocenters. The average Bonchev–Trinajstić information content (AvgIpc) is 2.58. The molecule has 0 aliphatic heterocycles. The molecule has 2 rings (SSSR count). The van der Waals surface area contributed by atoms with Gasteiger partial charge in [-0.15, -0.1) is 0 Å². The summed E-state index contributed by atoms with van der Waals surface area (Å²) in [5, 5.41) is 5.14. The maximum atomic E-state index is 12.5. The minimum absolute atomic E-state index is 0.0129. The number of alkyl halides is 3. The van der Waals surface area contributed by atoms with E-state index in [1.54, 1.807) is 26.8 Å². The normalized spacial score (nSPS) is 12.2. The van der Waals surface area contributed by atoms with E-state index in [2.05, 4.69) is 30.3 Å². The van der Waals surface area contributed by atoms with Crippen molar-refractivity contribution in [1.29, 1.82) is 0 Å². The van der Waals surface area contributed by atoms with Gasteiger partial charge in [-0.3, -0.25) is 14.9 Å². The Kier molecular flexibility index (Phi) is 6.72. The third-order valence-corrected chi connectivity index (χ3v) is 3.65. The van der Waals surface area contributed by atoms with Gasteiger partial charge in [0.1, 0.15) is 5.69 Å². The van der Waals surface area contributed by atoms with Crippen molar-refractivity contribution < 1.29 is 27.5 Å². The molecular weight excluding hydrogens is 391 g/mol. The molecule has 0 fully saturated rings. The molecule has 2 heterocycles. The number of nitrogens with zero attached hydrogens (tertiary/aromatic N) is 3. The van der Waals surface area contributed by atoms with E-state index in [4.69, 9.17) is 0 Å². The number of ether oxygens (including phenoxy) is 1. The zero-order valence-corrected chi connectivity index (χ0v) is 16.2. The summed E-state index contributed by atoms with van der Waals surface area (Å²) in [5.74, 6) is -0.996. The van der Waals surface area contributed by atoms with Crippen molar-refractivity contribution in [1.82, 2.24) is 20.3 Å². The number of hydrogen-bond donors (Lipinski definition) is 2. The number of anilines is 1. The van der Waals surface area contributed by atoms with Gasteiger partial charge in [0.25, 0.3) is 5.91 Å². The second kappa shape index (κ2) is 8.84. The van der Waals surface area contributed by atoms with Crippen LogP contribution in [0.15, 0.2) is 18.3 Å². The largest absolute Gasteiger partial charge is 0.468 e. The number of aryl methyl sites for hydroxylation is 2. The van der Waals surface area contributed by atoms with Crippen molar-refractivity contribution in [2.45, 2.75) is 39.9 Å². The van der Waals surface area contributed by atoms with Crippen LogP contribution in [0.2, 0.25) is 0 Å². The van der Waals surface area contributed by atoms with Crippen LogP contribution in [-0.4, -0.2) is 39.5 Å². The summed E-state index contributed by atoms with van der Waals surface area (Å²) in [6.45, 7) is 4.76. The second-order valence-electron chi connectivity index (χ2n) is 6.39. The van der Waals surface area contributed by atoms with Crippen LogP contribution in [0.3, 0.4) is 0 Å². The van der Waals surface area contributed by atoms with Gasteiger partial charge in [0.2, 0.25) is 17.7 Å². The summed E-state index contributed by atoms with van der Waals surface area (Å²) >= 11 is 0. The Labute approximate surface area is 164 Å². The van der Waals surface area contributed by atoms with Crippen molar-refractivity contribution >= 4 is 17.8 Å². The zero-order valence-electron chi connectivity index (χ0n) is 16.2. The Balaban J connectivity index is 2.10. The van der Waals surface area contributed by atoms with Crippen LogP contribution in [0.4, 0.5) is 19.1 Å². The molecule has 156 valence electrons. The predicted molar refractivity (Wildman–Crippen MR) is 97.5 cm³/mol. The molecule has 0 aliphatic rings. The SMILES string of the molecule is CC(=O)Nc1nc(C)cc(C(=O)NC(C)c2cnc(OCC(F)(F)F)c(C)c2)n1. The summed E-state index contributed by atoms with van der Waals surface area (Å²) in [4.78, 5) is 35.6. The van der Waals surface area contributed by atoms with E-state index in [0.29, 0.717) is 16.8 Å². The fourth-order valence-corrected chi connectivity index (χ4v) is 2.37. The molecule has 0 aliphatic carbocycles. The third-order valence-electron chi connectivity index (χ3n) is 3.65. The lowest BCUT2D eigenvalue weighted by Gasteiger charge is -2.16. The van der Waals surface area contributed by atoms with Crippen LogP contribution in [0, 0.1) is 13.8 Å². The van der Waals surface area contributed by atoms with Gasteiger partial charge < -0.3 is 10.1 Å². The molecule has 2 aromatic rings. The van der Waals surface area contributed by atoms with Crippen LogP contribution >= 0.6 is 0 Å². The van der Waals surface area contributed by atoms with Gasteiger partial charge in [-0.05, 0) is 38.5 Å². The Bertz CT molecular complexity index is 918. The standard InChI is InChI=1S/C18H20F3N5O3/c1-9-5-13(7-22-16(9)29-8-18(19,20)21)11(3)24-15(28)14-6-10(2)23-17(26-14)25-12(4)27/h5-7,11H,8H2,1-4H3,(H,24,28)(H,23,25,26,27). The highest BCUT2D eigenvalue weighted by Crippen LogP contribution is 2.22. The Hall–Kier alpha value is -3.24. The first kappa shape index (κ1) is 22.1. The lowest BCUT2D eigenvalue weighted by Crippen LogP contribution is -2.28. The fraction of sp³-hybridized carbons (Fsp3) is 0.389. The maximum Gasteiger partial charge on any atom is 0.422 e. The lowest BCUT2D eigenvalue weighted by atomic mass is 10.1. The van der Waals surface area contributed by atoms with E-state index in [1.165, 1.54) is 19.2 Å². The smallest absolute Gasteiger partial charge is 0.422 e. The van der Waals surface area contributed by atoms with E-state index in [9.17, 15) is 22.8 Å². The molecule has 0 aromatic carbocycles. The summed E-state index contributed by atoms with van der Waals surface area (Å²) < 4.78 is 41.5. The zero-order chi connectivity index (χ0) is 21.8. The summed E-state index contributed by atoms with van der Waals surface area (Å²) in [7, 11) is 0. The topological polar surface area (TPSA) is 106 Å². The number of aromatic nitrogens is 3. The van der Waals surface area contributed by atoms with Crippen LogP contribution < -0.4 is 15.4 Å². The minimum atomic E-state index is -4.46. The fourth-order valence-electron chi connectivity index (χ4n) is 2.37. The summed E-state index contributed by atoms with van der Waals surface area (Å²) in [5.41, 5.74) is 1.52. The molecule has 0 saturated heterocycles. The molecule has 8 nitrogen and oxygen atoms in total. The Morgan fingerprint density at radius 3 is 2.48 bits per heavy atom. The number of halogens is 3. The summed E-state index contributed by atoms with van der Waals surface area (Å²) in [6.07, 6.45) is -3.13. The van der Waals surface area contributed by atoms with Gasteiger partial charge in [0.05, 0.1) is 6.04 Å². The Morgan fingerprint density at radius 1 is 1.21 bits per heavy atom. The molecule has 0 spiro atoms. The van der Waals surface area contributed by atoms with Gasteiger partial charge in [-0.1, -0.05) is 0 Å². The number of nitrogens with one attached hydrogen (secondary N) is 2. The highest BCUT2D eigenvalue weighted by molar-refractivity contribution is 5.93. The van der Waals surface area contributed by atoms with Gasteiger partial charge in [0, 0.05) is 24.4 Å². The molecule has 0 bridgehead atoms. The van der Waals surface area contributed by atoms with Crippen molar-refractivity contribution in [3.8, 4) is 5.88 Å². The van der Waals surface area contributed by atoms with Crippen molar-refractivity contribution in [2.75, 3.05) is 11.9 Å². The number of carbonyl (C=O) groups excluding carboxylic acids is 2. The maximum absolute atomic E-state index is 12.5. The van der Waals surface area contributed by atoms with Gasteiger partial charge in [0.15, 0.2) is 6.61 Å².